The zero-order chi connectivity index (χ0) is 22.0. The van der Waals surface area contributed by atoms with E-state index in [4.69, 9.17) is 0 Å². The molecule has 5 aromatic heterocycles. The van der Waals surface area contributed by atoms with Gasteiger partial charge in [-0.3, -0.25) is 14.1 Å². The van der Waals surface area contributed by atoms with Crippen LogP contribution in [-0.2, 0) is 23.2 Å². The number of hydrogen-bond acceptors (Lipinski definition) is 6. The summed E-state index contributed by atoms with van der Waals surface area (Å²) in [6.45, 7) is 0. The Morgan fingerprint density at radius 1 is 0.935 bits per heavy atom. The van der Waals surface area contributed by atoms with Gasteiger partial charge in [0.15, 0.2) is 5.03 Å². The van der Waals surface area contributed by atoms with Gasteiger partial charge in [-0.25, -0.2) is 4.98 Å². The van der Waals surface area contributed by atoms with E-state index in [0.717, 1.165) is 26.8 Å². The fourth-order valence-corrected chi connectivity index (χ4v) is 4.55. The Balaban J connectivity index is 1.69. The smallest absolute Gasteiger partial charge is 0.288 e. The number of fused-ring (bicyclic) bond motifs is 2. The van der Waals surface area contributed by atoms with E-state index in [0.29, 0.717) is 22.8 Å². The van der Waals surface area contributed by atoms with Crippen LogP contribution in [0, 0.1) is 0 Å². The predicted molar refractivity (Wildman–Crippen MR) is 103 cm³/mol. The van der Waals surface area contributed by atoms with Crippen molar-refractivity contribution in [3.05, 3.63) is 60.9 Å². The highest BCUT2D eigenvalue weighted by atomic mass is 32.2. The van der Waals surface area contributed by atoms with E-state index in [9.17, 15) is 21.6 Å². The third-order valence-corrected chi connectivity index (χ3v) is 6.29. The quantitative estimate of drug-likeness (QED) is 0.422. The molecule has 5 heterocycles. The zero-order valence-corrected chi connectivity index (χ0v) is 16.5. The maximum absolute atomic E-state index is 13.3. The largest absolute Gasteiger partial charge is 0.417 e. The molecule has 9 nitrogen and oxygen atoms in total. The molecular weight excluding hydrogens is 435 g/mol. The molecular formula is C18H12F3N7O2S. The van der Waals surface area contributed by atoms with Crippen molar-refractivity contribution < 1.29 is 21.6 Å². The lowest BCUT2D eigenvalue weighted by Crippen LogP contribution is -2.17. The van der Waals surface area contributed by atoms with Crippen LogP contribution in [0.4, 0.5) is 13.2 Å². The molecule has 0 unspecified atom stereocenters. The molecule has 0 bridgehead atoms. The van der Waals surface area contributed by atoms with E-state index in [1.54, 1.807) is 36.4 Å². The molecule has 0 saturated carbocycles. The molecule has 0 radical (unpaired) electrons. The molecule has 0 fully saturated rings. The number of nitrogens with zero attached hydrogens (tertiary/aromatic N) is 7. The van der Waals surface area contributed by atoms with Gasteiger partial charge in [-0.1, -0.05) is 0 Å². The molecule has 158 valence electrons. The van der Waals surface area contributed by atoms with E-state index >= 15 is 0 Å². The number of aromatic nitrogens is 7. The van der Waals surface area contributed by atoms with Crippen molar-refractivity contribution in [1.82, 2.24) is 33.3 Å². The SMILES string of the molecule is Cn1cc(-c2cnc3cnn(S(=O)(=O)c4cnc5ccc(C(F)(F)F)cn45)c3c2)cn1. The first-order chi connectivity index (χ1) is 14.6. The fourth-order valence-electron chi connectivity index (χ4n) is 3.21. The Morgan fingerprint density at radius 3 is 2.45 bits per heavy atom. The van der Waals surface area contributed by atoms with E-state index in [1.165, 1.54) is 6.20 Å². The van der Waals surface area contributed by atoms with Crippen LogP contribution >= 0.6 is 0 Å². The third-order valence-electron chi connectivity index (χ3n) is 4.72. The summed E-state index contributed by atoms with van der Waals surface area (Å²) in [6.07, 6.45) is 3.21. The Labute approximate surface area is 172 Å². The first kappa shape index (κ1) is 19.2. The molecule has 0 amide bonds. The second-order valence-electron chi connectivity index (χ2n) is 6.76. The van der Waals surface area contributed by atoms with E-state index in [1.807, 2.05) is 0 Å². The van der Waals surface area contributed by atoms with Gasteiger partial charge in [-0.15, -0.1) is 0 Å². The summed E-state index contributed by atoms with van der Waals surface area (Å²) in [5, 5.41) is 7.55. The van der Waals surface area contributed by atoms with Gasteiger partial charge in [0.05, 0.1) is 24.2 Å². The van der Waals surface area contributed by atoms with Crippen LogP contribution in [0.25, 0.3) is 27.8 Å². The molecule has 5 aromatic rings. The second kappa shape index (κ2) is 6.38. The molecule has 0 aliphatic rings. The minimum Gasteiger partial charge on any atom is -0.288 e. The van der Waals surface area contributed by atoms with Crippen LogP contribution < -0.4 is 0 Å². The molecule has 0 aliphatic carbocycles. The lowest BCUT2D eigenvalue weighted by molar-refractivity contribution is -0.137. The summed E-state index contributed by atoms with van der Waals surface area (Å²) >= 11 is 0. The maximum Gasteiger partial charge on any atom is 0.417 e. The highest BCUT2D eigenvalue weighted by Crippen LogP contribution is 2.30. The number of alkyl halides is 3. The van der Waals surface area contributed by atoms with E-state index in [2.05, 4.69) is 20.2 Å². The lowest BCUT2D eigenvalue weighted by Gasteiger charge is -2.09. The standard InChI is InChI=1S/C18H12F3N7O2S/c1-26-9-12(6-24-26)11-4-15-14(22-5-11)7-25-28(15)31(29,30)17-8-23-16-3-2-13(10-27(16)17)18(19,20)21/h2-10H,1H3. The summed E-state index contributed by atoms with van der Waals surface area (Å²) in [5.41, 5.74) is 0.850. The van der Waals surface area contributed by atoms with Gasteiger partial charge in [0, 0.05) is 36.8 Å². The minimum atomic E-state index is -4.64. The van der Waals surface area contributed by atoms with Crippen LogP contribution in [0.2, 0.25) is 0 Å². The van der Waals surface area contributed by atoms with Gasteiger partial charge in [0.1, 0.15) is 16.7 Å². The summed E-state index contributed by atoms with van der Waals surface area (Å²) < 4.78 is 69.2. The van der Waals surface area contributed by atoms with Gasteiger partial charge in [0.25, 0.3) is 0 Å². The Bertz CT molecular complexity index is 1560. The highest BCUT2D eigenvalue weighted by molar-refractivity contribution is 7.90. The van der Waals surface area contributed by atoms with E-state index < -0.39 is 26.8 Å². The highest BCUT2D eigenvalue weighted by Gasteiger charge is 2.32. The third kappa shape index (κ3) is 3.04. The summed E-state index contributed by atoms with van der Waals surface area (Å²) in [7, 11) is -2.64. The number of aryl methyl sites for hydroxylation is 1. The first-order valence-electron chi connectivity index (χ1n) is 8.77. The van der Waals surface area contributed by atoms with Gasteiger partial charge >= 0.3 is 16.2 Å². The molecule has 0 spiro atoms. The number of hydrogen-bond donors (Lipinski definition) is 0. The number of pyridine rings is 2. The topological polar surface area (TPSA) is 100.0 Å². The summed E-state index contributed by atoms with van der Waals surface area (Å²) in [4.78, 5) is 8.15. The van der Waals surface area contributed by atoms with Crippen LogP contribution in [0.3, 0.4) is 0 Å². The van der Waals surface area contributed by atoms with Gasteiger partial charge in [-0.05, 0) is 18.2 Å². The maximum atomic E-state index is 13.3. The van der Waals surface area contributed by atoms with Crippen molar-refractivity contribution in [3.63, 3.8) is 0 Å². The van der Waals surface area contributed by atoms with Crippen molar-refractivity contribution >= 4 is 26.7 Å². The van der Waals surface area contributed by atoms with Gasteiger partial charge < -0.3 is 0 Å². The Hall–Kier alpha value is -3.74. The monoisotopic (exact) mass is 447 g/mol. The average Bonchev–Trinajstić information content (AvgIpc) is 3.43. The Kier molecular flexibility index (Phi) is 3.96. The molecule has 0 atom stereocenters. The normalized spacial score (nSPS) is 12.8. The average molecular weight is 447 g/mol. The zero-order valence-electron chi connectivity index (χ0n) is 15.7. The van der Waals surface area contributed by atoms with Crippen LogP contribution in [0.15, 0.2) is 60.4 Å². The van der Waals surface area contributed by atoms with Crippen molar-refractivity contribution in [1.29, 1.82) is 0 Å². The van der Waals surface area contributed by atoms with E-state index in [-0.39, 0.29) is 11.2 Å². The summed E-state index contributed by atoms with van der Waals surface area (Å²) in [6, 6.07) is 3.52. The van der Waals surface area contributed by atoms with Crippen LogP contribution in [-0.4, -0.2) is 41.8 Å². The predicted octanol–water partition coefficient (Wildman–Crippen LogP) is 2.74. The minimum absolute atomic E-state index is 0.0530. The van der Waals surface area contributed by atoms with Crippen LogP contribution in [0.1, 0.15) is 5.56 Å². The fraction of sp³-hybridized carbons (Fsp3) is 0.111. The molecule has 0 aromatic carbocycles. The number of halogens is 3. The second-order valence-corrected chi connectivity index (χ2v) is 8.48. The van der Waals surface area contributed by atoms with Crippen molar-refractivity contribution in [2.75, 3.05) is 0 Å². The summed E-state index contributed by atoms with van der Waals surface area (Å²) in [5.74, 6) is 0. The van der Waals surface area contributed by atoms with Gasteiger partial charge in [0.2, 0.25) is 0 Å². The molecule has 31 heavy (non-hydrogen) atoms. The number of imidazole rings is 1. The van der Waals surface area contributed by atoms with Crippen molar-refractivity contribution in [2.24, 2.45) is 7.05 Å². The lowest BCUT2D eigenvalue weighted by atomic mass is 10.1. The molecule has 13 heteroatoms. The molecule has 0 aliphatic heterocycles. The Morgan fingerprint density at radius 2 is 1.74 bits per heavy atom. The molecule has 5 rings (SSSR count). The van der Waals surface area contributed by atoms with Gasteiger partial charge in [-0.2, -0.15) is 35.9 Å². The molecule has 0 saturated heterocycles. The van der Waals surface area contributed by atoms with Crippen molar-refractivity contribution in [2.45, 2.75) is 11.2 Å². The first-order valence-corrected chi connectivity index (χ1v) is 10.2. The van der Waals surface area contributed by atoms with Crippen molar-refractivity contribution in [3.8, 4) is 11.1 Å². The molecule has 0 N–H and O–H groups in total. The number of rotatable bonds is 3. The van der Waals surface area contributed by atoms with Crippen LogP contribution in [0.5, 0.6) is 0 Å².